The van der Waals surface area contributed by atoms with Gasteiger partial charge in [-0.05, 0) is 43.5 Å². The van der Waals surface area contributed by atoms with E-state index in [0.29, 0.717) is 42.5 Å². The minimum Gasteiger partial charge on any atom is -0.451 e. The van der Waals surface area contributed by atoms with Crippen molar-refractivity contribution in [3.05, 3.63) is 35.0 Å². The summed E-state index contributed by atoms with van der Waals surface area (Å²) in [4.78, 5) is 30.8. The van der Waals surface area contributed by atoms with Crippen LogP contribution in [0.4, 0.5) is 4.79 Å². The molecule has 0 atom stereocenters. The Morgan fingerprint density at radius 1 is 0.846 bits per heavy atom. The predicted molar refractivity (Wildman–Crippen MR) is 99.5 cm³/mol. The van der Waals surface area contributed by atoms with Crippen LogP contribution in [0.25, 0.3) is 11.0 Å². The van der Waals surface area contributed by atoms with E-state index in [2.05, 4.69) is 0 Å². The number of furan rings is 1. The molecule has 1 aromatic heterocycles. The highest BCUT2D eigenvalue weighted by molar-refractivity contribution is 6.31. The second-order valence-electron chi connectivity index (χ2n) is 6.90. The second-order valence-corrected chi connectivity index (χ2v) is 7.34. The van der Waals surface area contributed by atoms with Crippen molar-refractivity contribution in [2.24, 2.45) is 0 Å². The minimum absolute atomic E-state index is 0.107. The topological polar surface area (TPSA) is 57.0 Å². The number of likely N-dealkylation sites (tertiary alicyclic amines) is 1. The Bertz CT molecular complexity index is 821. The lowest BCUT2D eigenvalue weighted by Crippen LogP contribution is -2.54. The zero-order chi connectivity index (χ0) is 18.1. The van der Waals surface area contributed by atoms with E-state index >= 15 is 0 Å². The monoisotopic (exact) mass is 375 g/mol. The van der Waals surface area contributed by atoms with E-state index in [4.69, 9.17) is 16.0 Å². The van der Waals surface area contributed by atoms with Gasteiger partial charge in [0.05, 0.1) is 0 Å². The summed E-state index contributed by atoms with van der Waals surface area (Å²) in [5, 5.41) is 1.43. The highest BCUT2D eigenvalue weighted by Gasteiger charge is 2.29. The molecule has 2 aliphatic rings. The van der Waals surface area contributed by atoms with Gasteiger partial charge in [-0.1, -0.05) is 11.6 Å². The van der Waals surface area contributed by atoms with Crippen molar-refractivity contribution in [2.45, 2.75) is 19.3 Å². The van der Waals surface area contributed by atoms with Gasteiger partial charge < -0.3 is 19.1 Å². The summed E-state index contributed by atoms with van der Waals surface area (Å²) < 4.78 is 5.67. The summed E-state index contributed by atoms with van der Waals surface area (Å²) in [6.45, 7) is 3.87. The maximum absolute atomic E-state index is 12.7. The molecule has 0 bridgehead atoms. The Balaban J connectivity index is 1.38. The fraction of sp³-hybridized carbons (Fsp3) is 0.474. The fourth-order valence-corrected chi connectivity index (χ4v) is 3.84. The van der Waals surface area contributed by atoms with Gasteiger partial charge in [0, 0.05) is 49.7 Å². The SMILES string of the molecule is O=C(c1cc2cc(Cl)ccc2o1)N1CCN(C(=O)N2CCCCC2)CC1. The third-order valence-corrected chi connectivity index (χ3v) is 5.39. The first-order valence-electron chi connectivity index (χ1n) is 9.14. The molecule has 2 fully saturated rings. The molecule has 138 valence electrons. The summed E-state index contributed by atoms with van der Waals surface area (Å²) in [6.07, 6.45) is 3.37. The molecule has 0 spiro atoms. The molecular formula is C19H22ClN3O3. The van der Waals surface area contributed by atoms with Crippen molar-refractivity contribution in [1.29, 1.82) is 0 Å². The van der Waals surface area contributed by atoms with Crippen molar-refractivity contribution in [1.82, 2.24) is 14.7 Å². The molecular weight excluding hydrogens is 354 g/mol. The first kappa shape index (κ1) is 17.2. The maximum Gasteiger partial charge on any atom is 0.320 e. The Kier molecular flexibility index (Phi) is 4.76. The average molecular weight is 376 g/mol. The largest absolute Gasteiger partial charge is 0.451 e. The van der Waals surface area contributed by atoms with Gasteiger partial charge in [0.1, 0.15) is 5.58 Å². The normalized spacial score (nSPS) is 18.4. The van der Waals surface area contributed by atoms with Crippen LogP contribution in [0, 0.1) is 0 Å². The van der Waals surface area contributed by atoms with Crippen molar-refractivity contribution >= 4 is 34.5 Å². The zero-order valence-electron chi connectivity index (χ0n) is 14.6. The van der Waals surface area contributed by atoms with E-state index in [1.54, 1.807) is 29.2 Å². The van der Waals surface area contributed by atoms with Crippen LogP contribution in [0.15, 0.2) is 28.7 Å². The highest BCUT2D eigenvalue weighted by atomic mass is 35.5. The number of hydrogen-bond donors (Lipinski definition) is 0. The lowest BCUT2D eigenvalue weighted by atomic mass is 10.1. The maximum atomic E-state index is 12.7. The molecule has 4 rings (SSSR count). The van der Waals surface area contributed by atoms with Gasteiger partial charge in [0.2, 0.25) is 0 Å². The molecule has 2 aromatic rings. The molecule has 0 N–H and O–H groups in total. The van der Waals surface area contributed by atoms with Gasteiger partial charge in [0.25, 0.3) is 5.91 Å². The van der Waals surface area contributed by atoms with Crippen molar-refractivity contribution in [3.63, 3.8) is 0 Å². The summed E-state index contributed by atoms with van der Waals surface area (Å²) >= 11 is 5.99. The van der Waals surface area contributed by atoms with Crippen LogP contribution in [-0.4, -0.2) is 65.9 Å². The van der Waals surface area contributed by atoms with Gasteiger partial charge in [-0.15, -0.1) is 0 Å². The summed E-state index contributed by atoms with van der Waals surface area (Å²) in [6, 6.07) is 7.13. The zero-order valence-corrected chi connectivity index (χ0v) is 15.4. The molecule has 3 amide bonds. The second kappa shape index (κ2) is 7.19. The van der Waals surface area contributed by atoms with E-state index in [1.165, 1.54) is 6.42 Å². The smallest absolute Gasteiger partial charge is 0.320 e. The van der Waals surface area contributed by atoms with Crippen molar-refractivity contribution in [3.8, 4) is 0 Å². The summed E-state index contributed by atoms with van der Waals surface area (Å²) in [5.41, 5.74) is 0.650. The number of urea groups is 1. The number of hydrogen-bond acceptors (Lipinski definition) is 3. The third-order valence-electron chi connectivity index (χ3n) is 5.15. The predicted octanol–water partition coefficient (Wildman–Crippen LogP) is 3.45. The molecule has 0 radical (unpaired) electrons. The lowest BCUT2D eigenvalue weighted by Gasteiger charge is -2.38. The van der Waals surface area contributed by atoms with E-state index in [0.717, 1.165) is 31.3 Å². The molecule has 0 saturated carbocycles. The van der Waals surface area contributed by atoms with Crippen LogP contribution in [0.5, 0.6) is 0 Å². The van der Waals surface area contributed by atoms with Crippen LogP contribution >= 0.6 is 11.6 Å². The lowest BCUT2D eigenvalue weighted by molar-refractivity contribution is 0.0606. The van der Waals surface area contributed by atoms with Crippen molar-refractivity contribution < 1.29 is 14.0 Å². The first-order valence-corrected chi connectivity index (χ1v) is 9.52. The number of fused-ring (bicyclic) bond motifs is 1. The van der Waals surface area contributed by atoms with Crippen LogP contribution in [0.3, 0.4) is 0 Å². The Labute approximate surface area is 157 Å². The standard InChI is InChI=1S/C19H22ClN3O3/c20-15-4-5-16-14(12-15)13-17(26-16)18(24)21-8-10-23(11-9-21)19(25)22-6-2-1-3-7-22/h4-5,12-13H,1-3,6-11H2. The molecule has 0 unspecified atom stereocenters. The van der Waals surface area contributed by atoms with Gasteiger partial charge in [-0.25, -0.2) is 4.79 Å². The van der Waals surface area contributed by atoms with Crippen LogP contribution in [-0.2, 0) is 0 Å². The first-order chi connectivity index (χ1) is 12.6. The Hall–Kier alpha value is -2.21. The molecule has 7 heteroatoms. The number of amides is 3. The third kappa shape index (κ3) is 3.38. The van der Waals surface area contributed by atoms with Gasteiger partial charge >= 0.3 is 6.03 Å². The number of carbonyl (C=O) groups excluding carboxylic acids is 2. The van der Waals surface area contributed by atoms with Crippen LogP contribution < -0.4 is 0 Å². The number of nitrogens with zero attached hydrogens (tertiary/aromatic N) is 3. The quantitative estimate of drug-likeness (QED) is 0.767. The fourth-order valence-electron chi connectivity index (χ4n) is 3.66. The summed E-state index contributed by atoms with van der Waals surface area (Å²) in [7, 11) is 0. The molecule has 3 heterocycles. The molecule has 0 aliphatic carbocycles. The molecule has 1 aromatic carbocycles. The minimum atomic E-state index is -0.137. The molecule has 2 aliphatic heterocycles. The number of carbonyl (C=O) groups is 2. The van der Waals surface area contributed by atoms with Crippen LogP contribution in [0.1, 0.15) is 29.8 Å². The number of rotatable bonds is 1. The number of piperidine rings is 1. The molecule has 6 nitrogen and oxygen atoms in total. The summed E-state index contributed by atoms with van der Waals surface area (Å²) in [5.74, 6) is 0.181. The van der Waals surface area contributed by atoms with E-state index in [1.807, 2.05) is 9.80 Å². The number of benzene rings is 1. The molecule has 2 saturated heterocycles. The van der Waals surface area contributed by atoms with Gasteiger partial charge in [-0.3, -0.25) is 4.79 Å². The number of halogens is 1. The van der Waals surface area contributed by atoms with Gasteiger partial charge in [-0.2, -0.15) is 0 Å². The average Bonchev–Trinajstić information content (AvgIpc) is 3.11. The van der Waals surface area contributed by atoms with E-state index in [9.17, 15) is 9.59 Å². The highest BCUT2D eigenvalue weighted by Crippen LogP contribution is 2.24. The van der Waals surface area contributed by atoms with Crippen LogP contribution in [0.2, 0.25) is 5.02 Å². The van der Waals surface area contributed by atoms with E-state index in [-0.39, 0.29) is 11.9 Å². The molecule has 26 heavy (non-hydrogen) atoms. The number of piperazine rings is 1. The Morgan fingerprint density at radius 3 is 2.23 bits per heavy atom. The van der Waals surface area contributed by atoms with Crippen molar-refractivity contribution in [2.75, 3.05) is 39.3 Å². The Morgan fingerprint density at radius 2 is 1.50 bits per heavy atom. The van der Waals surface area contributed by atoms with E-state index < -0.39 is 0 Å². The van der Waals surface area contributed by atoms with Gasteiger partial charge in [0.15, 0.2) is 5.76 Å².